The van der Waals surface area contributed by atoms with E-state index in [2.05, 4.69) is 6.92 Å². The summed E-state index contributed by atoms with van der Waals surface area (Å²) in [5.41, 5.74) is 0.222. The highest BCUT2D eigenvalue weighted by atomic mass is 16.6. The predicted molar refractivity (Wildman–Crippen MR) is 111 cm³/mol. The highest BCUT2D eigenvalue weighted by molar-refractivity contribution is 5.99. The third-order valence-electron chi connectivity index (χ3n) is 5.14. The number of piperidine rings is 1. The average molecular weight is 427 g/mol. The van der Waals surface area contributed by atoms with Crippen LogP contribution in [0.5, 0.6) is 0 Å². The summed E-state index contributed by atoms with van der Waals surface area (Å²) in [6.45, 7) is 2.91. The standard InChI is InChI=1S/C21H21N3O7/c1-14-3-2-10-22(12-14)18-9-6-16(11-19(18)24(29)30)21(26)31-13-20(25)15-4-7-17(8-5-15)23(27)28/h4-9,11,14H,2-3,10,12-13H2,1H3. The van der Waals surface area contributed by atoms with E-state index in [0.29, 0.717) is 24.7 Å². The molecule has 0 spiro atoms. The molecule has 162 valence electrons. The van der Waals surface area contributed by atoms with Crippen molar-refractivity contribution >= 4 is 28.8 Å². The molecule has 0 bridgehead atoms. The Bertz CT molecular complexity index is 1020. The number of nitrogens with zero attached hydrogens (tertiary/aromatic N) is 3. The number of ether oxygens (including phenoxy) is 1. The number of rotatable bonds is 7. The van der Waals surface area contributed by atoms with Gasteiger partial charge in [-0.05, 0) is 43.0 Å². The lowest BCUT2D eigenvalue weighted by Gasteiger charge is -2.32. The summed E-state index contributed by atoms with van der Waals surface area (Å²) in [4.78, 5) is 47.6. The Balaban J connectivity index is 1.69. The second-order valence-electron chi connectivity index (χ2n) is 7.46. The average Bonchev–Trinajstić information content (AvgIpc) is 2.76. The summed E-state index contributed by atoms with van der Waals surface area (Å²) in [6, 6.07) is 9.04. The van der Waals surface area contributed by atoms with Gasteiger partial charge in [0, 0.05) is 36.9 Å². The molecule has 1 aliphatic heterocycles. The maximum Gasteiger partial charge on any atom is 0.338 e. The molecule has 3 rings (SSSR count). The molecule has 0 aliphatic carbocycles. The number of esters is 1. The fraction of sp³-hybridized carbons (Fsp3) is 0.333. The molecule has 2 aromatic carbocycles. The van der Waals surface area contributed by atoms with Gasteiger partial charge in [-0.15, -0.1) is 0 Å². The van der Waals surface area contributed by atoms with Crippen LogP contribution in [0.15, 0.2) is 42.5 Å². The Kier molecular flexibility index (Phi) is 6.58. The van der Waals surface area contributed by atoms with E-state index in [1.165, 1.54) is 36.4 Å². The number of benzene rings is 2. The van der Waals surface area contributed by atoms with E-state index >= 15 is 0 Å². The molecule has 10 heteroatoms. The number of ketones is 1. The Morgan fingerprint density at radius 1 is 1.06 bits per heavy atom. The number of carbonyl (C=O) groups is 2. The SMILES string of the molecule is CC1CCCN(c2ccc(C(=O)OCC(=O)c3ccc([N+](=O)[O-])cc3)cc2[N+](=O)[O-])C1. The van der Waals surface area contributed by atoms with Gasteiger partial charge < -0.3 is 9.64 Å². The Labute approximate surface area is 177 Å². The summed E-state index contributed by atoms with van der Waals surface area (Å²) >= 11 is 0. The lowest BCUT2D eigenvalue weighted by molar-refractivity contribution is -0.384. The molecule has 1 unspecified atom stereocenters. The number of hydrogen-bond donors (Lipinski definition) is 0. The van der Waals surface area contributed by atoms with Gasteiger partial charge in [-0.25, -0.2) is 4.79 Å². The predicted octanol–water partition coefficient (Wildman–Crippen LogP) is 3.78. The summed E-state index contributed by atoms with van der Waals surface area (Å²) < 4.78 is 5.00. The van der Waals surface area contributed by atoms with Crippen LogP contribution < -0.4 is 4.90 Å². The largest absolute Gasteiger partial charge is 0.454 e. The van der Waals surface area contributed by atoms with Gasteiger partial charge in [-0.3, -0.25) is 25.0 Å². The molecule has 1 atom stereocenters. The highest BCUT2D eigenvalue weighted by Gasteiger charge is 2.25. The van der Waals surface area contributed by atoms with Gasteiger partial charge in [-0.1, -0.05) is 6.92 Å². The third-order valence-corrected chi connectivity index (χ3v) is 5.14. The molecule has 1 fully saturated rings. The highest BCUT2D eigenvalue weighted by Crippen LogP contribution is 2.32. The van der Waals surface area contributed by atoms with E-state index in [1.807, 2.05) is 4.90 Å². The van der Waals surface area contributed by atoms with Gasteiger partial charge in [0.2, 0.25) is 0 Å². The van der Waals surface area contributed by atoms with Gasteiger partial charge in [0.15, 0.2) is 12.4 Å². The molecule has 0 amide bonds. The first-order chi connectivity index (χ1) is 14.8. The molecule has 0 aromatic heterocycles. The number of hydrogen-bond acceptors (Lipinski definition) is 8. The minimum absolute atomic E-state index is 0.0305. The first-order valence-electron chi connectivity index (χ1n) is 9.74. The van der Waals surface area contributed by atoms with Crippen LogP contribution in [0.2, 0.25) is 0 Å². The van der Waals surface area contributed by atoms with Gasteiger partial charge in [0.1, 0.15) is 5.69 Å². The monoisotopic (exact) mass is 427 g/mol. The summed E-state index contributed by atoms with van der Waals surface area (Å²) in [5.74, 6) is -0.989. The van der Waals surface area contributed by atoms with Crippen LogP contribution in [-0.4, -0.2) is 41.3 Å². The number of non-ortho nitro benzene ring substituents is 1. The quantitative estimate of drug-likeness (QED) is 0.282. The van der Waals surface area contributed by atoms with Crippen molar-refractivity contribution in [3.8, 4) is 0 Å². The van der Waals surface area contributed by atoms with Crippen LogP contribution in [0, 0.1) is 26.1 Å². The zero-order valence-electron chi connectivity index (χ0n) is 16.9. The molecule has 0 N–H and O–H groups in total. The molecule has 10 nitrogen and oxygen atoms in total. The number of Topliss-reactive ketones (excluding diaryl/α,β-unsaturated/α-hetero) is 1. The van der Waals surface area contributed by atoms with Crippen molar-refractivity contribution in [3.63, 3.8) is 0 Å². The van der Waals surface area contributed by atoms with Gasteiger partial charge >= 0.3 is 5.97 Å². The van der Waals surface area contributed by atoms with Crippen molar-refractivity contribution in [1.82, 2.24) is 0 Å². The number of nitro benzene ring substituents is 2. The lowest BCUT2D eigenvalue weighted by Crippen LogP contribution is -2.34. The van der Waals surface area contributed by atoms with Crippen LogP contribution in [0.1, 0.15) is 40.5 Å². The van der Waals surface area contributed by atoms with Crippen molar-refractivity contribution in [3.05, 3.63) is 73.8 Å². The summed E-state index contributed by atoms with van der Waals surface area (Å²) in [5, 5.41) is 22.2. The number of anilines is 1. The van der Waals surface area contributed by atoms with Crippen LogP contribution in [0.25, 0.3) is 0 Å². The third kappa shape index (κ3) is 5.21. The summed E-state index contributed by atoms with van der Waals surface area (Å²) in [6.07, 6.45) is 2.00. The molecule has 0 saturated carbocycles. The fourth-order valence-corrected chi connectivity index (χ4v) is 3.54. The fourth-order valence-electron chi connectivity index (χ4n) is 3.54. The van der Waals surface area contributed by atoms with Crippen molar-refractivity contribution in [2.75, 3.05) is 24.6 Å². The van der Waals surface area contributed by atoms with Crippen molar-refractivity contribution < 1.29 is 24.2 Å². The maximum atomic E-state index is 12.3. The second-order valence-corrected chi connectivity index (χ2v) is 7.46. The maximum absolute atomic E-state index is 12.3. The lowest BCUT2D eigenvalue weighted by atomic mass is 9.99. The van der Waals surface area contributed by atoms with Crippen molar-refractivity contribution in [1.29, 1.82) is 0 Å². The molecule has 31 heavy (non-hydrogen) atoms. The van der Waals surface area contributed by atoms with E-state index in [0.717, 1.165) is 18.9 Å². The molecular weight excluding hydrogens is 406 g/mol. The van der Waals surface area contributed by atoms with Gasteiger partial charge in [0.05, 0.1) is 15.4 Å². The second kappa shape index (κ2) is 9.33. The summed E-state index contributed by atoms with van der Waals surface area (Å²) in [7, 11) is 0. The number of nitro groups is 2. The molecule has 1 saturated heterocycles. The first kappa shape index (κ1) is 21.9. The van der Waals surface area contributed by atoms with E-state index in [4.69, 9.17) is 4.74 Å². The van der Waals surface area contributed by atoms with Gasteiger partial charge in [-0.2, -0.15) is 0 Å². The van der Waals surface area contributed by atoms with E-state index in [9.17, 15) is 29.8 Å². The Morgan fingerprint density at radius 3 is 2.35 bits per heavy atom. The van der Waals surface area contributed by atoms with Crippen LogP contribution >= 0.6 is 0 Å². The zero-order valence-corrected chi connectivity index (χ0v) is 16.9. The topological polar surface area (TPSA) is 133 Å². The molecule has 1 heterocycles. The van der Waals surface area contributed by atoms with E-state index in [-0.39, 0.29) is 22.5 Å². The van der Waals surface area contributed by atoms with E-state index in [1.54, 1.807) is 0 Å². The molecule has 2 aromatic rings. The normalized spacial score (nSPS) is 15.9. The molecule has 1 aliphatic rings. The van der Waals surface area contributed by atoms with Crippen LogP contribution in [0.3, 0.4) is 0 Å². The number of carbonyl (C=O) groups excluding carboxylic acids is 2. The van der Waals surface area contributed by atoms with E-state index < -0.39 is 28.2 Å². The minimum Gasteiger partial charge on any atom is -0.454 e. The van der Waals surface area contributed by atoms with Crippen molar-refractivity contribution in [2.24, 2.45) is 5.92 Å². The smallest absolute Gasteiger partial charge is 0.338 e. The van der Waals surface area contributed by atoms with Crippen LogP contribution in [-0.2, 0) is 4.74 Å². The Morgan fingerprint density at radius 2 is 1.74 bits per heavy atom. The molecule has 0 radical (unpaired) electrons. The van der Waals surface area contributed by atoms with Gasteiger partial charge in [0.25, 0.3) is 11.4 Å². The van der Waals surface area contributed by atoms with Crippen molar-refractivity contribution in [2.45, 2.75) is 19.8 Å². The minimum atomic E-state index is -0.864. The first-order valence-corrected chi connectivity index (χ1v) is 9.74. The zero-order chi connectivity index (χ0) is 22.5. The Hall–Kier alpha value is -3.82. The molecular formula is C21H21N3O7. The van der Waals surface area contributed by atoms with Crippen LogP contribution in [0.4, 0.5) is 17.1 Å².